The van der Waals surface area contributed by atoms with Crippen molar-refractivity contribution in [2.24, 2.45) is 5.41 Å². The van der Waals surface area contributed by atoms with Crippen molar-refractivity contribution in [3.05, 3.63) is 37.1 Å². The highest BCUT2D eigenvalue weighted by Gasteiger charge is 2.31. The number of hydrogen-bond acceptors (Lipinski definition) is 3. The van der Waals surface area contributed by atoms with Gasteiger partial charge in [-0.1, -0.05) is 33.1 Å². The van der Waals surface area contributed by atoms with Crippen LogP contribution in [-0.2, 0) is 13.6 Å². The predicted molar refractivity (Wildman–Crippen MR) is 62.2 cm³/mol. The minimum absolute atomic E-state index is 0.0681. The molecule has 0 spiro atoms. The molecular formula is C11H17O3P. The van der Waals surface area contributed by atoms with Gasteiger partial charge in [-0.15, -0.1) is 0 Å². The first-order chi connectivity index (χ1) is 7.07. The van der Waals surface area contributed by atoms with Crippen LogP contribution in [-0.4, -0.2) is 13.2 Å². The van der Waals surface area contributed by atoms with E-state index < -0.39 is 8.60 Å². The summed E-state index contributed by atoms with van der Waals surface area (Å²) in [7, 11) is -1.27. The SMILES string of the molecule is C=C/C=C(\C=C)OP1OCC(C)(C)CO1. The second-order valence-corrected chi connectivity index (χ2v) is 5.18. The van der Waals surface area contributed by atoms with Crippen LogP contribution in [0.4, 0.5) is 0 Å². The third-order valence-corrected chi connectivity index (χ3v) is 2.82. The van der Waals surface area contributed by atoms with Crippen molar-refractivity contribution in [2.75, 3.05) is 13.2 Å². The summed E-state index contributed by atoms with van der Waals surface area (Å²) in [5.41, 5.74) is 0.0681. The maximum atomic E-state index is 5.47. The van der Waals surface area contributed by atoms with Crippen LogP contribution in [0.3, 0.4) is 0 Å². The summed E-state index contributed by atoms with van der Waals surface area (Å²) in [6.07, 6.45) is 4.97. The summed E-state index contributed by atoms with van der Waals surface area (Å²) in [4.78, 5) is 0. The molecule has 4 heteroatoms. The van der Waals surface area contributed by atoms with Gasteiger partial charge >= 0.3 is 8.60 Å². The lowest BCUT2D eigenvalue weighted by atomic mass is 9.97. The molecule has 0 radical (unpaired) electrons. The Kier molecular flexibility index (Phi) is 4.52. The molecule has 0 saturated carbocycles. The lowest BCUT2D eigenvalue weighted by Gasteiger charge is -2.32. The Morgan fingerprint density at radius 3 is 2.40 bits per heavy atom. The van der Waals surface area contributed by atoms with E-state index >= 15 is 0 Å². The van der Waals surface area contributed by atoms with Gasteiger partial charge in [0.05, 0.1) is 13.2 Å². The fraction of sp³-hybridized carbons (Fsp3) is 0.455. The highest BCUT2D eigenvalue weighted by molar-refractivity contribution is 7.41. The maximum absolute atomic E-state index is 5.47. The van der Waals surface area contributed by atoms with E-state index in [9.17, 15) is 0 Å². The Morgan fingerprint density at radius 1 is 1.33 bits per heavy atom. The molecule has 0 amide bonds. The van der Waals surface area contributed by atoms with Crippen LogP contribution in [0.15, 0.2) is 37.1 Å². The van der Waals surface area contributed by atoms with Crippen LogP contribution in [0.5, 0.6) is 0 Å². The van der Waals surface area contributed by atoms with E-state index in [-0.39, 0.29) is 5.41 Å². The van der Waals surface area contributed by atoms with E-state index in [0.717, 1.165) is 0 Å². The minimum Gasteiger partial charge on any atom is -0.427 e. The topological polar surface area (TPSA) is 27.7 Å². The van der Waals surface area contributed by atoms with Gasteiger partial charge in [0.2, 0.25) is 0 Å². The second kappa shape index (κ2) is 5.45. The van der Waals surface area contributed by atoms with E-state index in [1.807, 2.05) is 0 Å². The summed E-state index contributed by atoms with van der Waals surface area (Å²) >= 11 is 0. The first kappa shape index (κ1) is 12.4. The summed E-state index contributed by atoms with van der Waals surface area (Å²) in [5, 5.41) is 0. The van der Waals surface area contributed by atoms with Crippen molar-refractivity contribution in [1.29, 1.82) is 0 Å². The molecule has 0 N–H and O–H groups in total. The lowest BCUT2D eigenvalue weighted by Crippen LogP contribution is -2.28. The molecule has 1 rings (SSSR count). The molecule has 0 aliphatic carbocycles. The average Bonchev–Trinajstić information content (AvgIpc) is 2.20. The highest BCUT2D eigenvalue weighted by atomic mass is 31.2. The summed E-state index contributed by atoms with van der Waals surface area (Å²) in [5.74, 6) is 0.621. The number of hydrogen-bond donors (Lipinski definition) is 0. The largest absolute Gasteiger partial charge is 0.427 e. The van der Waals surface area contributed by atoms with Crippen LogP contribution in [0.1, 0.15) is 13.8 Å². The summed E-state index contributed by atoms with van der Waals surface area (Å²) < 4.78 is 16.4. The molecule has 1 fully saturated rings. The Morgan fingerprint density at radius 2 is 1.93 bits per heavy atom. The van der Waals surface area contributed by atoms with E-state index in [2.05, 4.69) is 27.0 Å². The molecule has 3 nitrogen and oxygen atoms in total. The van der Waals surface area contributed by atoms with Crippen LogP contribution in [0, 0.1) is 5.41 Å². The monoisotopic (exact) mass is 228 g/mol. The lowest BCUT2D eigenvalue weighted by molar-refractivity contribution is 0.0362. The Hall–Kier alpha value is -0.630. The quantitative estimate of drug-likeness (QED) is 0.418. The van der Waals surface area contributed by atoms with Crippen molar-refractivity contribution >= 4 is 8.60 Å². The van der Waals surface area contributed by atoms with Crippen LogP contribution < -0.4 is 0 Å². The molecule has 15 heavy (non-hydrogen) atoms. The molecule has 1 heterocycles. The van der Waals surface area contributed by atoms with E-state index in [1.54, 1.807) is 18.2 Å². The number of allylic oxidation sites excluding steroid dienone is 3. The van der Waals surface area contributed by atoms with Gasteiger partial charge in [-0.3, -0.25) is 0 Å². The average molecular weight is 228 g/mol. The second-order valence-electron chi connectivity index (χ2n) is 4.03. The van der Waals surface area contributed by atoms with Crippen molar-refractivity contribution in [2.45, 2.75) is 13.8 Å². The van der Waals surface area contributed by atoms with Gasteiger partial charge in [-0.2, -0.15) is 0 Å². The van der Waals surface area contributed by atoms with Gasteiger partial charge in [0.1, 0.15) is 5.76 Å². The van der Waals surface area contributed by atoms with Gasteiger partial charge in [-0.25, -0.2) is 0 Å². The van der Waals surface area contributed by atoms with Gasteiger partial charge in [0, 0.05) is 5.41 Å². The van der Waals surface area contributed by atoms with Gasteiger partial charge in [-0.05, 0) is 12.2 Å². The van der Waals surface area contributed by atoms with E-state index in [1.165, 1.54) is 0 Å². The smallest absolute Gasteiger partial charge is 0.397 e. The first-order valence-electron chi connectivity index (χ1n) is 4.76. The molecule has 0 atom stereocenters. The minimum atomic E-state index is -1.27. The molecule has 1 aliphatic rings. The molecule has 0 aromatic carbocycles. The van der Waals surface area contributed by atoms with Crippen molar-refractivity contribution in [3.63, 3.8) is 0 Å². The Bertz CT molecular complexity index is 261. The van der Waals surface area contributed by atoms with Crippen LogP contribution >= 0.6 is 8.60 Å². The Labute approximate surface area is 92.4 Å². The van der Waals surface area contributed by atoms with E-state index in [0.29, 0.717) is 19.0 Å². The molecule has 1 aliphatic heterocycles. The maximum Gasteiger partial charge on any atom is 0.397 e. The zero-order valence-electron chi connectivity index (χ0n) is 9.23. The van der Waals surface area contributed by atoms with Crippen molar-refractivity contribution in [3.8, 4) is 0 Å². The molecule has 0 bridgehead atoms. The predicted octanol–water partition coefficient (Wildman–Crippen LogP) is 3.56. The fourth-order valence-corrected chi connectivity index (χ4v) is 2.32. The molecule has 1 saturated heterocycles. The van der Waals surface area contributed by atoms with Crippen molar-refractivity contribution < 1.29 is 13.6 Å². The Balaban J connectivity index is 2.44. The molecule has 0 aromatic rings. The third-order valence-electron chi connectivity index (χ3n) is 1.78. The third kappa shape index (κ3) is 4.17. The highest BCUT2D eigenvalue weighted by Crippen LogP contribution is 2.48. The standard InChI is InChI=1S/C11H17O3P/c1-5-7-10(6-2)14-15-12-8-11(3,4)9-13-15/h5-7H,1-2,8-9H2,3-4H3/b10-7+. The van der Waals surface area contributed by atoms with Gasteiger partial charge < -0.3 is 13.6 Å². The fourth-order valence-electron chi connectivity index (χ4n) is 0.924. The van der Waals surface area contributed by atoms with Crippen molar-refractivity contribution in [1.82, 2.24) is 0 Å². The molecule has 0 aromatic heterocycles. The number of rotatable bonds is 4. The summed E-state index contributed by atoms with van der Waals surface area (Å²) in [6.45, 7) is 12.7. The first-order valence-corrected chi connectivity index (χ1v) is 5.86. The molecule has 0 unspecified atom stereocenters. The van der Waals surface area contributed by atoms with Crippen LogP contribution in [0.25, 0.3) is 0 Å². The zero-order valence-corrected chi connectivity index (χ0v) is 10.1. The van der Waals surface area contributed by atoms with Crippen LogP contribution in [0.2, 0.25) is 0 Å². The van der Waals surface area contributed by atoms with Gasteiger partial charge in [0.15, 0.2) is 0 Å². The van der Waals surface area contributed by atoms with Gasteiger partial charge in [0.25, 0.3) is 0 Å². The zero-order chi connectivity index (χ0) is 11.3. The van der Waals surface area contributed by atoms with E-state index in [4.69, 9.17) is 13.6 Å². The normalized spacial score (nSPS) is 22.1. The summed E-state index contributed by atoms with van der Waals surface area (Å²) in [6, 6.07) is 0. The molecule has 84 valence electrons. The molecular weight excluding hydrogens is 211 g/mol.